The molecule has 0 saturated heterocycles. The minimum atomic E-state index is -1.40. The number of carboxylic acids is 1. The van der Waals surface area contributed by atoms with E-state index in [4.69, 9.17) is 0 Å². The lowest BCUT2D eigenvalue weighted by Gasteiger charge is -2.19. The molecular formula is C52H54N6O10S. The molecule has 6 rings (SSSR count). The largest absolute Gasteiger partial charge is 0.481 e. The second-order valence-corrected chi connectivity index (χ2v) is 18.6. The molecule has 0 radical (unpaired) electrons. The fourth-order valence-electron chi connectivity index (χ4n) is 7.85. The van der Waals surface area contributed by atoms with Gasteiger partial charge in [0.1, 0.15) is 0 Å². The van der Waals surface area contributed by atoms with Gasteiger partial charge in [0.15, 0.2) is 23.1 Å². The maximum Gasteiger partial charge on any atom is 0.305 e. The first-order valence-corrected chi connectivity index (χ1v) is 23.1. The number of para-hydroxylation sites is 2. The molecule has 0 aliphatic rings. The third-order valence-corrected chi connectivity index (χ3v) is 12.5. The molecule has 6 aromatic rings. The Labute approximate surface area is 402 Å². The minimum Gasteiger partial charge on any atom is -0.481 e. The van der Waals surface area contributed by atoms with E-state index in [9.17, 15) is 48.3 Å². The van der Waals surface area contributed by atoms with E-state index in [0.29, 0.717) is 6.42 Å². The number of aliphatic carboxylic acids is 1. The first-order chi connectivity index (χ1) is 32.8. The number of nitrogens with one attached hydrogen (secondary N) is 6. The minimum absolute atomic E-state index is 0.0115. The highest BCUT2D eigenvalue weighted by Crippen LogP contribution is 2.32. The Morgan fingerprint density at radius 3 is 1.20 bits per heavy atom. The number of benzene rings is 4. The van der Waals surface area contributed by atoms with Crippen LogP contribution in [0.2, 0.25) is 0 Å². The summed E-state index contributed by atoms with van der Waals surface area (Å²) in [7, 11) is 0. The van der Waals surface area contributed by atoms with Crippen molar-refractivity contribution in [3.05, 3.63) is 131 Å². The molecule has 16 nitrogen and oxygen atoms in total. The number of aromatic nitrogens is 2. The van der Waals surface area contributed by atoms with Crippen LogP contribution in [-0.4, -0.2) is 92.0 Å². The maximum atomic E-state index is 14.2. The van der Waals surface area contributed by atoms with Crippen LogP contribution in [0, 0.1) is 5.92 Å². The van der Waals surface area contributed by atoms with Crippen molar-refractivity contribution in [2.75, 3.05) is 0 Å². The van der Waals surface area contributed by atoms with Gasteiger partial charge < -0.3 is 36.3 Å². The van der Waals surface area contributed by atoms with Crippen LogP contribution in [0.4, 0.5) is 0 Å². The molecule has 0 fully saturated rings. The summed E-state index contributed by atoms with van der Waals surface area (Å²) < 4.78 is 0. The van der Waals surface area contributed by atoms with E-state index in [1.54, 1.807) is 12.4 Å². The predicted molar refractivity (Wildman–Crippen MR) is 260 cm³/mol. The molecule has 4 unspecified atom stereocenters. The first-order valence-electron chi connectivity index (χ1n) is 22.3. The van der Waals surface area contributed by atoms with Crippen LogP contribution in [0.5, 0.6) is 0 Å². The second kappa shape index (κ2) is 22.4. The van der Waals surface area contributed by atoms with E-state index in [1.807, 2.05) is 62.4 Å². The number of amides is 4. The zero-order chi connectivity index (χ0) is 50.1. The molecule has 0 bridgehead atoms. The number of carbonyl (C=O) groups excluding carboxylic acids is 8. The standard InChI is InChI=1S/C52H54N6O10S/c1-27(2)15-44(28(3)59)55-49(65)32-16-33(50(66)56-45(29(4)60)22-36-25-53-42-13-9-7-11-40(36)42)19-38(18-32)69-39-20-34(17-35(21-39)52(68)58-47(31(6)62)24-48(63)64)51(67)57-46(30(5)61)23-37-26-54-43-14-10-8-12-41(37)43/h7-14,16-21,25-27,44-47,53-54H,15,22-24H2,1-6H3,(H,55,65)(H,56,66)(H,57,67)(H,58,68)(H,63,64). The number of carbonyl (C=O) groups is 9. The van der Waals surface area contributed by atoms with E-state index in [0.717, 1.165) is 51.6 Å². The summed E-state index contributed by atoms with van der Waals surface area (Å²) in [6, 6.07) is 19.1. The first kappa shape index (κ1) is 50.7. The van der Waals surface area contributed by atoms with E-state index in [2.05, 4.69) is 31.2 Å². The van der Waals surface area contributed by atoms with Crippen molar-refractivity contribution in [3.63, 3.8) is 0 Å². The number of Topliss-reactive ketones (excluding diaryl/α,β-unsaturated/α-hetero) is 4. The average molecular weight is 955 g/mol. The molecule has 0 aliphatic carbocycles. The van der Waals surface area contributed by atoms with Crippen molar-refractivity contribution in [2.24, 2.45) is 5.92 Å². The summed E-state index contributed by atoms with van der Waals surface area (Å²) in [5.41, 5.74) is 3.00. The summed E-state index contributed by atoms with van der Waals surface area (Å²) in [4.78, 5) is 126. The Balaban J connectivity index is 1.38. The highest BCUT2D eigenvalue weighted by molar-refractivity contribution is 7.99. The van der Waals surface area contributed by atoms with E-state index in [-0.39, 0.29) is 68.2 Å². The van der Waals surface area contributed by atoms with Crippen LogP contribution in [0.15, 0.2) is 107 Å². The lowest BCUT2D eigenvalue weighted by Crippen LogP contribution is -2.42. The third-order valence-electron chi connectivity index (χ3n) is 11.6. The Morgan fingerprint density at radius 1 is 0.507 bits per heavy atom. The number of fused-ring (bicyclic) bond motifs is 2. The van der Waals surface area contributed by atoms with Gasteiger partial charge in [0, 0.05) is 79.1 Å². The normalized spacial score (nSPS) is 13.0. The predicted octanol–water partition coefficient (Wildman–Crippen LogP) is 6.56. The number of aromatic amines is 2. The lowest BCUT2D eigenvalue weighted by atomic mass is 10.00. The number of H-pyrrole nitrogens is 2. The van der Waals surface area contributed by atoms with Gasteiger partial charge in [-0.3, -0.25) is 43.2 Å². The Bertz CT molecular complexity index is 2990. The van der Waals surface area contributed by atoms with Crippen LogP contribution in [-0.2, 0) is 36.8 Å². The molecule has 4 aromatic carbocycles. The molecule has 0 spiro atoms. The molecule has 4 amide bonds. The van der Waals surface area contributed by atoms with Gasteiger partial charge in [-0.25, -0.2) is 0 Å². The molecule has 2 aromatic heterocycles. The van der Waals surface area contributed by atoms with Gasteiger partial charge in [-0.2, -0.15) is 0 Å². The van der Waals surface area contributed by atoms with Gasteiger partial charge >= 0.3 is 5.97 Å². The number of hydrogen-bond donors (Lipinski definition) is 7. The molecule has 4 atom stereocenters. The number of rotatable bonds is 22. The van der Waals surface area contributed by atoms with Crippen LogP contribution in [0.25, 0.3) is 21.8 Å². The molecule has 17 heteroatoms. The average Bonchev–Trinajstić information content (AvgIpc) is 3.91. The van der Waals surface area contributed by atoms with Gasteiger partial charge in [0.2, 0.25) is 0 Å². The molecule has 7 N–H and O–H groups in total. The SMILES string of the molecule is CC(=O)C(CC(=O)O)NC(=O)c1cc(Sc2cc(C(=O)NC(Cc3c[nH]c4ccccc34)C(C)=O)cc(C(=O)NC(CC(C)C)C(C)=O)c2)cc(C(=O)NC(Cc2c[nH]c3ccccc23)C(C)=O)c1. The molecule has 358 valence electrons. The van der Waals surface area contributed by atoms with E-state index >= 15 is 0 Å². The van der Waals surface area contributed by atoms with Crippen molar-refractivity contribution in [1.29, 1.82) is 0 Å². The second-order valence-electron chi connectivity index (χ2n) is 17.5. The summed E-state index contributed by atoms with van der Waals surface area (Å²) >= 11 is 0.956. The lowest BCUT2D eigenvalue weighted by molar-refractivity contribution is -0.139. The van der Waals surface area contributed by atoms with Crippen molar-refractivity contribution >= 4 is 86.3 Å². The van der Waals surface area contributed by atoms with Gasteiger partial charge in [0.25, 0.3) is 23.6 Å². The summed E-state index contributed by atoms with van der Waals surface area (Å²) in [6.45, 7) is 9.01. The number of ketones is 4. The molecule has 69 heavy (non-hydrogen) atoms. The number of hydrogen-bond acceptors (Lipinski definition) is 10. The maximum absolute atomic E-state index is 14.2. The highest BCUT2D eigenvalue weighted by Gasteiger charge is 2.27. The third kappa shape index (κ3) is 13.3. The van der Waals surface area contributed by atoms with E-state index < -0.39 is 66.0 Å². The Kier molecular flexibility index (Phi) is 16.5. The Morgan fingerprint density at radius 2 is 0.855 bits per heavy atom. The van der Waals surface area contributed by atoms with Gasteiger partial charge in [0.05, 0.1) is 30.6 Å². The topological polar surface area (TPSA) is 254 Å². The van der Waals surface area contributed by atoms with Crippen molar-refractivity contribution in [2.45, 2.75) is 101 Å². The van der Waals surface area contributed by atoms with Gasteiger partial charge in [-0.05, 0) is 99.7 Å². The quantitative estimate of drug-likeness (QED) is 0.0384. The highest BCUT2D eigenvalue weighted by atomic mass is 32.2. The monoisotopic (exact) mass is 954 g/mol. The summed E-state index contributed by atoms with van der Waals surface area (Å²) in [5.74, 6) is -5.81. The van der Waals surface area contributed by atoms with E-state index in [1.165, 1.54) is 57.2 Å². The van der Waals surface area contributed by atoms with Gasteiger partial charge in [-0.15, -0.1) is 0 Å². The summed E-state index contributed by atoms with van der Waals surface area (Å²) in [6.07, 6.45) is 3.47. The molecule has 2 heterocycles. The summed E-state index contributed by atoms with van der Waals surface area (Å²) in [5, 5.41) is 22.0. The zero-order valence-electron chi connectivity index (χ0n) is 39.0. The van der Waals surface area contributed by atoms with Crippen LogP contribution >= 0.6 is 11.8 Å². The fraction of sp³-hybridized carbons (Fsp3) is 0.288. The molecule has 0 aliphatic heterocycles. The van der Waals surface area contributed by atoms with Crippen LogP contribution in [0.1, 0.15) is 107 Å². The Hall–Kier alpha value is -7.66. The zero-order valence-corrected chi connectivity index (χ0v) is 39.8. The molecule has 0 saturated carbocycles. The van der Waals surface area contributed by atoms with Crippen molar-refractivity contribution in [1.82, 2.24) is 31.2 Å². The van der Waals surface area contributed by atoms with Crippen LogP contribution in [0.3, 0.4) is 0 Å². The smallest absolute Gasteiger partial charge is 0.305 e. The van der Waals surface area contributed by atoms with Crippen molar-refractivity contribution in [3.8, 4) is 0 Å². The fourth-order valence-corrected chi connectivity index (χ4v) is 8.86. The van der Waals surface area contributed by atoms with Crippen molar-refractivity contribution < 1.29 is 48.3 Å². The van der Waals surface area contributed by atoms with Gasteiger partial charge in [-0.1, -0.05) is 62.0 Å². The molecular weight excluding hydrogens is 901 g/mol. The number of carboxylic acid groups (broad SMARTS) is 1. The van der Waals surface area contributed by atoms with Crippen LogP contribution < -0.4 is 21.3 Å².